The van der Waals surface area contributed by atoms with Crippen LogP contribution in [0.2, 0.25) is 5.02 Å². The Balaban J connectivity index is 1.73. The minimum atomic E-state index is -0.292. The van der Waals surface area contributed by atoms with E-state index in [0.29, 0.717) is 23.7 Å². The molecule has 0 unspecified atom stereocenters. The van der Waals surface area contributed by atoms with E-state index in [1.807, 2.05) is 24.3 Å². The van der Waals surface area contributed by atoms with Gasteiger partial charge in [0, 0.05) is 18.3 Å². The summed E-state index contributed by atoms with van der Waals surface area (Å²) < 4.78 is 0. The number of aryl methyl sites for hydroxylation is 1. The van der Waals surface area contributed by atoms with Gasteiger partial charge in [0.15, 0.2) is 0 Å². The lowest BCUT2D eigenvalue weighted by Gasteiger charge is -2.28. The van der Waals surface area contributed by atoms with Crippen molar-refractivity contribution in [2.75, 3.05) is 16.8 Å². The number of para-hydroxylation sites is 1. The normalized spacial score (nSPS) is 13.7. The van der Waals surface area contributed by atoms with Crippen LogP contribution in [0.3, 0.4) is 0 Å². The Hall–Kier alpha value is -2.40. The lowest BCUT2D eigenvalue weighted by molar-refractivity contribution is -0.121. The average Bonchev–Trinajstić information content (AvgIpc) is 2.52. The van der Waals surface area contributed by atoms with Gasteiger partial charge in [-0.3, -0.25) is 9.59 Å². The number of rotatable bonds is 3. The van der Waals surface area contributed by atoms with Crippen molar-refractivity contribution in [1.29, 1.82) is 0 Å². The molecular weight excluding hydrogens is 302 g/mol. The molecule has 6 heteroatoms. The fraction of sp³-hybridized carbons (Fsp3) is 0.188. The molecule has 0 bridgehead atoms. The first-order valence-electron chi connectivity index (χ1n) is 6.93. The van der Waals surface area contributed by atoms with Crippen molar-refractivity contribution >= 4 is 34.9 Å². The van der Waals surface area contributed by atoms with E-state index in [2.05, 4.69) is 10.3 Å². The maximum atomic E-state index is 12.1. The summed E-state index contributed by atoms with van der Waals surface area (Å²) in [5, 5.41) is 3.16. The maximum absolute atomic E-state index is 12.1. The van der Waals surface area contributed by atoms with Crippen molar-refractivity contribution in [2.45, 2.75) is 12.8 Å². The highest BCUT2D eigenvalue weighted by atomic mass is 35.5. The Morgan fingerprint density at radius 2 is 2.05 bits per heavy atom. The van der Waals surface area contributed by atoms with Gasteiger partial charge in [0.1, 0.15) is 12.4 Å². The van der Waals surface area contributed by atoms with E-state index in [4.69, 9.17) is 11.6 Å². The van der Waals surface area contributed by atoms with Crippen molar-refractivity contribution < 1.29 is 9.59 Å². The highest BCUT2D eigenvalue weighted by Gasteiger charge is 2.25. The van der Waals surface area contributed by atoms with Gasteiger partial charge in [0.2, 0.25) is 11.8 Å². The van der Waals surface area contributed by atoms with Crippen LogP contribution in [-0.2, 0) is 16.0 Å². The van der Waals surface area contributed by atoms with Crippen LogP contribution in [0.15, 0.2) is 42.6 Å². The van der Waals surface area contributed by atoms with E-state index in [0.717, 1.165) is 11.3 Å². The van der Waals surface area contributed by atoms with Gasteiger partial charge in [-0.25, -0.2) is 4.98 Å². The molecule has 0 aliphatic carbocycles. The minimum Gasteiger partial charge on any atom is -0.309 e. The zero-order valence-electron chi connectivity index (χ0n) is 11.8. The van der Waals surface area contributed by atoms with E-state index < -0.39 is 0 Å². The van der Waals surface area contributed by atoms with Gasteiger partial charge in [-0.2, -0.15) is 0 Å². The quantitative estimate of drug-likeness (QED) is 0.947. The molecule has 0 saturated heterocycles. The van der Waals surface area contributed by atoms with Crippen LogP contribution < -0.4 is 10.2 Å². The molecule has 3 rings (SSSR count). The number of anilines is 2. The summed E-state index contributed by atoms with van der Waals surface area (Å²) in [5.74, 6) is 0.0740. The fourth-order valence-electron chi connectivity index (χ4n) is 2.45. The molecule has 1 aliphatic rings. The summed E-state index contributed by atoms with van der Waals surface area (Å²) in [4.78, 5) is 29.8. The number of benzene rings is 1. The first-order chi connectivity index (χ1) is 10.6. The number of amides is 2. The second kappa shape index (κ2) is 6.15. The number of carbonyl (C=O) groups excluding carboxylic acids is 2. The first-order valence-corrected chi connectivity index (χ1v) is 7.31. The van der Waals surface area contributed by atoms with Crippen molar-refractivity contribution in [3.8, 4) is 0 Å². The van der Waals surface area contributed by atoms with Crippen LogP contribution in [0.25, 0.3) is 0 Å². The number of hydrogen-bond acceptors (Lipinski definition) is 3. The third-order valence-electron chi connectivity index (χ3n) is 3.49. The molecule has 1 N–H and O–H groups in total. The standard InChI is InChI=1S/C16H14ClN3O2/c17-12-6-7-14(18-9-12)19-15(21)10-20-13-4-2-1-3-11(13)5-8-16(20)22/h1-4,6-7,9H,5,8,10H2,(H,18,19,21). The second-order valence-corrected chi connectivity index (χ2v) is 5.45. The van der Waals surface area contributed by atoms with Gasteiger partial charge in [0.25, 0.3) is 0 Å². The Kier molecular flexibility index (Phi) is 4.06. The zero-order valence-corrected chi connectivity index (χ0v) is 12.5. The summed E-state index contributed by atoms with van der Waals surface area (Å²) in [7, 11) is 0. The van der Waals surface area contributed by atoms with Crippen LogP contribution in [0, 0.1) is 0 Å². The van der Waals surface area contributed by atoms with E-state index in [9.17, 15) is 9.59 Å². The number of fused-ring (bicyclic) bond motifs is 1. The third kappa shape index (κ3) is 3.09. The Labute approximate surface area is 132 Å². The van der Waals surface area contributed by atoms with Crippen LogP contribution in [0.5, 0.6) is 0 Å². The molecule has 1 aliphatic heterocycles. The summed E-state index contributed by atoms with van der Waals surface area (Å²) >= 11 is 5.75. The molecule has 0 spiro atoms. The smallest absolute Gasteiger partial charge is 0.245 e. The van der Waals surface area contributed by atoms with Gasteiger partial charge >= 0.3 is 0 Å². The van der Waals surface area contributed by atoms with Gasteiger partial charge in [0.05, 0.1) is 5.02 Å². The topological polar surface area (TPSA) is 62.3 Å². The highest BCUT2D eigenvalue weighted by molar-refractivity contribution is 6.30. The second-order valence-electron chi connectivity index (χ2n) is 5.02. The van der Waals surface area contributed by atoms with Gasteiger partial charge < -0.3 is 10.2 Å². The number of hydrogen-bond donors (Lipinski definition) is 1. The van der Waals surface area contributed by atoms with Crippen molar-refractivity contribution in [2.24, 2.45) is 0 Å². The molecule has 1 aromatic heterocycles. The molecule has 0 radical (unpaired) electrons. The Morgan fingerprint density at radius 1 is 1.23 bits per heavy atom. The number of carbonyl (C=O) groups is 2. The van der Waals surface area contributed by atoms with Gasteiger partial charge in [-0.1, -0.05) is 29.8 Å². The lowest BCUT2D eigenvalue weighted by Crippen LogP contribution is -2.40. The van der Waals surface area contributed by atoms with Crippen molar-refractivity contribution in [3.63, 3.8) is 0 Å². The van der Waals surface area contributed by atoms with Crippen LogP contribution >= 0.6 is 11.6 Å². The van der Waals surface area contributed by atoms with E-state index in [1.165, 1.54) is 11.1 Å². The van der Waals surface area contributed by atoms with E-state index in [1.54, 1.807) is 12.1 Å². The minimum absolute atomic E-state index is 0.0276. The number of nitrogens with one attached hydrogen (secondary N) is 1. The van der Waals surface area contributed by atoms with Crippen LogP contribution in [0.1, 0.15) is 12.0 Å². The zero-order chi connectivity index (χ0) is 15.5. The summed E-state index contributed by atoms with van der Waals surface area (Å²) in [6.07, 6.45) is 2.59. The fourth-order valence-corrected chi connectivity index (χ4v) is 2.56. The number of aromatic nitrogens is 1. The first kappa shape index (κ1) is 14.5. The monoisotopic (exact) mass is 315 g/mol. The molecular formula is C16H14ClN3O2. The summed E-state index contributed by atoms with van der Waals surface area (Å²) in [6.45, 7) is -0.0276. The van der Waals surface area contributed by atoms with Crippen LogP contribution in [0.4, 0.5) is 11.5 Å². The molecule has 0 atom stereocenters. The Bertz CT molecular complexity index is 716. The maximum Gasteiger partial charge on any atom is 0.245 e. The SMILES string of the molecule is O=C(CN1C(=O)CCc2ccccc21)Nc1ccc(Cl)cn1. The number of nitrogens with zero attached hydrogens (tertiary/aromatic N) is 2. The molecule has 0 fully saturated rings. The molecule has 2 aromatic rings. The molecule has 2 heterocycles. The Morgan fingerprint density at radius 3 is 2.82 bits per heavy atom. The lowest BCUT2D eigenvalue weighted by atomic mass is 10.0. The molecule has 2 amide bonds. The predicted octanol–water partition coefficient (Wildman–Crippen LogP) is 2.65. The highest BCUT2D eigenvalue weighted by Crippen LogP contribution is 2.27. The number of pyridine rings is 1. The van der Waals surface area contributed by atoms with Gasteiger partial charge in [-0.15, -0.1) is 0 Å². The molecule has 22 heavy (non-hydrogen) atoms. The van der Waals surface area contributed by atoms with Gasteiger partial charge in [-0.05, 0) is 30.2 Å². The third-order valence-corrected chi connectivity index (χ3v) is 3.71. The largest absolute Gasteiger partial charge is 0.309 e. The summed E-state index contributed by atoms with van der Waals surface area (Å²) in [5.41, 5.74) is 1.89. The molecule has 112 valence electrons. The molecule has 1 aromatic carbocycles. The summed E-state index contributed by atoms with van der Waals surface area (Å²) in [6, 6.07) is 10.9. The molecule has 0 saturated carbocycles. The van der Waals surface area contributed by atoms with E-state index >= 15 is 0 Å². The van der Waals surface area contributed by atoms with Crippen LogP contribution in [-0.4, -0.2) is 23.3 Å². The average molecular weight is 316 g/mol. The number of halogens is 1. The molecule has 5 nitrogen and oxygen atoms in total. The predicted molar refractivity (Wildman–Crippen MR) is 85.0 cm³/mol. The van der Waals surface area contributed by atoms with Crippen molar-refractivity contribution in [1.82, 2.24) is 4.98 Å². The van der Waals surface area contributed by atoms with Crippen molar-refractivity contribution in [3.05, 3.63) is 53.2 Å². The van der Waals surface area contributed by atoms with E-state index in [-0.39, 0.29) is 18.4 Å².